The van der Waals surface area contributed by atoms with Gasteiger partial charge in [-0.2, -0.15) is 0 Å². The predicted octanol–water partition coefficient (Wildman–Crippen LogP) is 2.28. The summed E-state index contributed by atoms with van der Waals surface area (Å²) in [7, 11) is 2.06. The monoisotopic (exact) mass is 272 g/mol. The van der Waals surface area contributed by atoms with Crippen LogP contribution >= 0.6 is 0 Å². The van der Waals surface area contributed by atoms with Crippen LogP contribution in [0.1, 0.15) is 48.0 Å². The minimum absolute atomic E-state index is 0.167. The predicted molar refractivity (Wildman–Crippen MR) is 80.3 cm³/mol. The molecule has 0 aromatic carbocycles. The third kappa shape index (κ3) is 7.53. The van der Waals surface area contributed by atoms with Gasteiger partial charge >= 0.3 is 5.97 Å². The lowest BCUT2D eigenvalue weighted by Crippen LogP contribution is -2.59. The fourth-order valence-electron chi connectivity index (χ4n) is 2.19. The van der Waals surface area contributed by atoms with E-state index >= 15 is 0 Å². The van der Waals surface area contributed by atoms with E-state index in [1.807, 2.05) is 27.7 Å². The van der Waals surface area contributed by atoms with Gasteiger partial charge in [-0.25, -0.2) is 0 Å². The van der Waals surface area contributed by atoms with Gasteiger partial charge in [0, 0.05) is 12.6 Å². The van der Waals surface area contributed by atoms with Crippen molar-refractivity contribution >= 4 is 5.97 Å². The number of nitrogens with zero attached hydrogens (tertiary/aromatic N) is 1. The molecule has 0 spiro atoms. The molecule has 0 aliphatic heterocycles. The van der Waals surface area contributed by atoms with Crippen LogP contribution in [0, 0.1) is 5.92 Å². The van der Waals surface area contributed by atoms with Crippen molar-refractivity contribution in [2.24, 2.45) is 5.92 Å². The summed E-state index contributed by atoms with van der Waals surface area (Å²) >= 11 is 0. The summed E-state index contributed by atoms with van der Waals surface area (Å²) in [6, 6.07) is 0.243. The highest BCUT2D eigenvalue weighted by Crippen LogP contribution is 2.12. The third-order valence-corrected chi connectivity index (χ3v) is 3.01. The smallest absolute Gasteiger partial charge is 0.327 e. The van der Waals surface area contributed by atoms with Crippen LogP contribution in [0.5, 0.6) is 0 Å². The largest absolute Gasteiger partial charge is 0.465 e. The maximum absolute atomic E-state index is 12.2. The van der Waals surface area contributed by atoms with Gasteiger partial charge in [0.25, 0.3) is 0 Å². The van der Waals surface area contributed by atoms with Crippen LogP contribution < -0.4 is 5.32 Å². The molecule has 0 rings (SSSR count). The van der Waals surface area contributed by atoms with Crippen LogP contribution in [0.15, 0.2) is 0 Å². The molecule has 19 heavy (non-hydrogen) atoms. The van der Waals surface area contributed by atoms with E-state index in [0.29, 0.717) is 19.1 Å². The number of carbonyl (C=O) groups is 1. The van der Waals surface area contributed by atoms with Gasteiger partial charge in [-0.1, -0.05) is 13.8 Å². The van der Waals surface area contributed by atoms with Gasteiger partial charge in [0.15, 0.2) is 0 Å². The Labute approximate surface area is 118 Å². The van der Waals surface area contributed by atoms with E-state index in [2.05, 4.69) is 31.1 Å². The van der Waals surface area contributed by atoms with Crippen molar-refractivity contribution < 1.29 is 9.53 Å². The molecule has 0 bridgehead atoms. The average molecular weight is 272 g/mol. The van der Waals surface area contributed by atoms with Crippen LogP contribution in [0.2, 0.25) is 0 Å². The molecule has 1 unspecified atom stereocenters. The molecule has 114 valence electrons. The second-order valence-corrected chi connectivity index (χ2v) is 6.27. The first kappa shape index (κ1) is 18.4. The Morgan fingerprint density at radius 3 is 2.32 bits per heavy atom. The number of nitrogens with one attached hydrogen (secondary N) is 1. The van der Waals surface area contributed by atoms with Gasteiger partial charge in [-0.15, -0.1) is 0 Å². The number of hydrogen-bond acceptors (Lipinski definition) is 4. The van der Waals surface area contributed by atoms with Gasteiger partial charge in [-0.3, -0.25) is 10.1 Å². The van der Waals surface area contributed by atoms with E-state index in [0.717, 1.165) is 13.0 Å². The summed E-state index contributed by atoms with van der Waals surface area (Å²) < 4.78 is 5.21. The third-order valence-electron chi connectivity index (χ3n) is 3.01. The molecule has 4 heteroatoms. The summed E-state index contributed by atoms with van der Waals surface area (Å²) in [5.74, 6) is 0.509. The SMILES string of the molecule is CCOC(=O)C(C)(CN(C)CCC(C)C)NC(C)C. The Balaban J connectivity index is 4.61. The second kappa shape index (κ2) is 8.54. The second-order valence-electron chi connectivity index (χ2n) is 6.27. The molecule has 0 heterocycles. The van der Waals surface area contributed by atoms with Crippen molar-refractivity contribution in [3.8, 4) is 0 Å². The van der Waals surface area contributed by atoms with E-state index in [-0.39, 0.29) is 12.0 Å². The normalized spacial score (nSPS) is 15.1. The van der Waals surface area contributed by atoms with Gasteiger partial charge in [-0.05, 0) is 53.6 Å². The molecule has 0 aliphatic rings. The van der Waals surface area contributed by atoms with Gasteiger partial charge < -0.3 is 9.64 Å². The number of likely N-dealkylation sites (N-methyl/N-ethyl adjacent to an activating group) is 1. The van der Waals surface area contributed by atoms with E-state index < -0.39 is 5.54 Å². The Hall–Kier alpha value is -0.610. The quantitative estimate of drug-likeness (QED) is 0.654. The molecule has 0 aromatic heterocycles. The maximum Gasteiger partial charge on any atom is 0.327 e. The van der Waals surface area contributed by atoms with Crippen molar-refractivity contribution in [2.75, 3.05) is 26.7 Å². The van der Waals surface area contributed by atoms with E-state index in [1.54, 1.807) is 0 Å². The first-order valence-electron chi connectivity index (χ1n) is 7.34. The lowest BCUT2D eigenvalue weighted by molar-refractivity contribution is -0.151. The molecule has 0 radical (unpaired) electrons. The van der Waals surface area contributed by atoms with Crippen molar-refractivity contribution in [1.29, 1.82) is 0 Å². The lowest BCUT2D eigenvalue weighted by atomic mass is 10.00. The number of ether oxygens (including phenoxy) is 1. The molecular formula is C15H32N2O2. The summed E-state index contributed by atoms with van der Waals surface area (Å²) in [6.07, 6.45) is 1.14. The van der Waals surface area contributed by atoms with Gasteiger partial charge in [0.1, 0.15) is 5.54 Å². The zero-order valence-electron chi connectivity index (χ0n) is 13.7. The summed E-state index contributed by atoms with van der Waals surface area (Å²) in [5, 5.41) is 3.34. The number of rotatable bonds is 9. The minimum Gasteiger partial charge on any atom is -0.465 e. The molecule has 1 N–H and O–H groups in total. The molecule has 0 aliphatic carbocycles. The summed E-state index contributed by atoms with van der Waals surface area (Å²) in [4.78, 5) is 14.4. The minimum atomic E-state index is -0.643. The standard InChI is InChI=1S/C15H32N2O2/c1-8-19-14(18)15(6,16-13(4)5)11-17(7)10-9-12(2)3/h12-13,16H,8-11H2,1-7H3. The highest BCUT2D eigenvalue weighted by Gasteiger charge is 2.36. The van der Waals surface area contributed by atoms with Crippen molar-refractivity contribution in [3.05, 3.63) is 0 Å². The average Bonchev–Trinajstić information content (AvgIpc) is 2.25. The lowest BCUT2D eigenvalue weighted by Gasteiger charge is -2.34. The zero-order valence-corrected chi connectivity index (χ0v) is 13.7. The van der Waals surface area contributed by atoms with Crippen LogP contribution in [0.3, 0.4) is 0 Å². The summed E-state index contributed by atoms with van der Waals surface area (Å²) in [5.41, 5.74) is -0.643. The number of esters is 1. The molecule has 0 saturated carbocycles. The molecule has 0 amide bonds. The van der Waals surface area contributed by atoms with Crippen LogP contribution in [-0.2, 0) is 9.53 Å². The Kier molecular flexibility index (Phi) is 8.26. The molecular weight excluding hydrogens is 240 g/mol. The topological polar surface area (TPSA) is 41.6 Å². The number of hydrogen-bond donors (Lipinski definition) is 1. The van der Waals surface area contributed by atoms with Crippen molar-refractivity contribution in [1.82, 2.24) is 10.2 Å². The maximum atomic E-state index is 12.2. The highest BCUT2D eigenvalue weighted by molar-refractivity contribution is 5.80. The molecule has 0 aromatic rings. The Morgan fingerprint density at radius 1 is 1.32 bits per heavy atom. The molecule has 0 saturated heterocycles. The van der Waals surface area contributed by atoms with Crippen LogP contribution in [-0.4, -0.2) is 49.2 Å². The van der Waals surface area contributed by atoms with E-state index in [1.165, 1.54) is 0 Å². The van der Waals surface area contributed by atoms with Crippen molar-refractivity contribution in [3.63, 3.8) is 0 Å². The van der Waals surface area contributed by atoms with Gasteiger partial charge in [0.05, 0.1) is 6.61 Å². The Bertz CT molecular complexity index is 267. The first-order chi connectivity index (χ1) is 8.71. The molecule has 1 atom stereocenters. The Morgan fingerprint density at radius 2 is 1.89 bits per heavy atom. The fourth-order valence-corrected chi connectivity index (χ4v) is 2.19. The van der Waals surface area contributed by atoms with E-state index in [9.17, 15) is 4.79 Å². The molecule has 4 nitrogen and oxygen atoms in total. The van der Waals surface area contributed by atoms with Gasteiger partial charge in [0.2, 0.25) is 0 Å². The summed E-state index contributed by atoms with van der Waals surface area (Å²) in [6.45, 7) is 14.4. The molecule has 0 fully saturated rings. The first-order valence-corrected chi connectivity index (χ1v) is 7.34. The number of carbonyl (C=O) groups excluding carboxylic acids is 1. The fraction of sp³-hybridized carbons (Fsp3) is 0.933. The highest BCUT2D eigenvalue weighted by atomic mass is 16.5. The zero-order chi connectivity index (χ0) is 15.1. The van der Waals surface area contributed by atoms with Crippen molar-refractivity contribution in [2.45, 2.75) is 59.5 Å². The van der Waals surface area contributed by atoms with E-state index in [4.69, 9.17) is 4.74 Å². The van der Waals surface area contributed by atoms with Crippen LogP contribution in [0.25, 0.3) is 0 Å². The van der Waals surface area contributed by atoms with Crippen LogP contribution in [0.4, 0.5) is 0 Å².